The van der Waals surface area contributed by atoms with Crippen LogP contribution in [0.2, 0.25) is 0 Å². The number of aryl methyl sites for hydroxylation is 2. The van der Waals surface area contributed by atoms with Crippen molar-refractivity contribution in [1.29, 1.82) is 0 Å². The molecule has 4 heterocycles. The van der Waals surface area contributed by atoms with Crippen molar-refractivity contribution < 1.29 is 14.6 Å². The maximum absolute atomic E-state index is 11.3. The molecule has 1 aliphatic rings. The highest BCUT2D eigenvalue weighted by atomic mass is 35.5. The molecule has 3 aromatic heterocycles. The minimum atomic E-state index is -1.00. The Hall–Kier alpha value is -2.34. The number of aromatic nitrogens is 5. The molecular formula is C20H28ClN7O3S. The van der Waals surface area contributed by atoms with Gasteiger partial charge in [-0.25, -0.2) is 14.5 Å². The Morgan fingerprint density at radius 1 is 1.28 bits per heavy atom. The zero-order valence-corrected chi connectivity index (χ0v) is 19.8. The van der Waals surface area contributed by atoms with Crippen molar-refractivity contribution in [1.82, 2.24) is 29.7 Å². The summed E-state index contributed by atoms with van der Waals surface area (Å²) in [5.74, 6) is -1.00. The van der Waals surface area contributed by atoms with Gasteiger partial charge < -0.3 is 20.5 Å². The second-order valence-electron chi connectivity index (χ2n) is 7.45. The van der Waals surface area contributed by atoms with Crippen LogP contribution in [0.3, 0.4) is 0 Å². The van der Waals surface area contributed by atoms with E-state index >= 15 is 0 Å². The Morgan fingerprint density at radius 3 is 2.75 bits per heavy atom. The van der Waals surface area contributed by atoms with Crippen LogP contribution in [-0.2, 0) is 30.8 Å². The molecule has 0 aliphatic carbocycles. The number of halogens is 1. The van der Waals surface area contributed by atoms with Crippen molar-refractivity contribution in [3.63, 3.8) is 0 Å². The molecule has 4 rings (SSSR count). The number of hydrogen-bond donors (Lipinski definition) is 3. The second kappa shape index (κ2) is 11.0. The highest BCUT2D eigenvalue weighted by Gasteiger charge is 2.22. The Kier molecular flexibility index (Phi) is 8.35. The first-order chi connectivity index (χ1) is 15.1. The van der Waals surface area contributed by atoms with Crippen molar-refractivity contribution in [2.75, 3.05) is 18.5 Å². The number of nitrogens with zero attached hydrogens (tertiary/aromatic N) is 5. The van der Waals surface area contributed by atoms with Gasteiger partial charge in [-0.15, -0.1) is 17.5 Å². The predicted molar refractivity (Wildman–Crippen MR) is 125 cm³/mol. The summed E-state index contributed by atoms with van der Waals surface area (Å²) in [5.41, 5.74) is 4.46. The van der Waals surface area contributed by atoms with Crippen molar-refractivity contribution in [2.24, 2.45) is 0 Å². The molecular weight excluding hydrogens is 454 g/mol. The molecule has 32 heavy (non-hydrogen) atoms. The monoisotopic (exact) mass is 481 g/mol. The molecule has 0 aromatic carbocycles. The molecule has 12 heteroatoms. The Labute approximate surface area is 196 Å². The Morgan fingerprint density at radius 2 is 2.06 bits per heavy atom. The number of aromatic carboxylic acids is 1. The minimum absolute atomic E-state index is 0. The summed E-state index contributed by atoms with van der Waals surface area (Å²) in [6, 6.07) is 0.328. The number of anilines is 1. The number of hydrogen-bond acceptors (Lipinski definition) is 9. The van der Waals surface area contributed by atoms with Gasteiger partial charge >= 0.3 is 5.97 Å². The number of pyridine rings is 1. The average molecular weight is 482 g/mol. The van der Waals surface area contributed by atoms with Gasteiger partial charge in [-0.3, -0.25) is 0 Å². The first kappa shape index (κ1) is 24.3. The van der Waals surface area contributed by atoms with Crippen molar-refractivity contribution >= 4 is 46.6 Å². The fourth-order valence-corrected chi connectivity index (χ4v) is 4.41. The Balaban J connectivity index is 0.00000289. The number of rotatable bonds is 9. The maximum Gasteiger partial charge on any atom is 0.349 e. The van der Waals surface area contributed by atoms with Crippen LogP contribution >= 0.6 is 23.9 Å². The number of carboxylic acids is 1. The molecule has 3 N–H and O–H groups in total. The van der Waals surface area contributed by atoms with Crippen molar-refractivity contribution in [2.45, 2.75) is 58.8 Å². The average Bonchev–Trinajstić information content (AvgIpc) is 3.42. The van der Waals surface area contributed by atoms with Crippen LogP contribution in [0, 0.1) is 0 Å². The van der Waals surface area contributed by atoms with E-state index in [0.717, 1.165) is 78.5 Å². The van der Waals surface area contributed by atoms with Gasteiger partial charge in [-0.2, -0.15) is 5.10 Å². The molecule has 10 nitrogen and oxygen atoms in total. The third-order valence-corrected chi connectivity index (χ3v) is 6.28. The van der Waals surface area contributed by atoms with Gasteiger partial charge in [0.1, 0.15) is 5.69 Å². The van der Waals surface area contributed by atoms with E-state index in [9.17, 15) is 9.90 Å². The second-order valence-corrected chi connectivity index (χ2v) is 8.21. The molecule has 0 bridgehead atoms. The van der Waals surface area contributed by atoms with Crippen LogP contribution in [0.15, 0.2) is 6.20 Å². The fourth-order valence-electron chi connectivity index (χ4n) is 3.89. The molecule has 0 amide bonds. The van der Waals surface area contributed by atoms with Crippen LogP contribution in [-0.4, -0.2) is 54.7 Å². The smallest absolute Gasteiger partial charge is 0.349 e. The van der Waals surface area contributed by atoms with Gasteiger partial charge in [0.2, 0.25) is 0 Å². The molecule has 1 aliphatic heterocycles. The van der Waals surface area contributed by atoms with Crippen LogP contribution in [0.4, 0.5) is 5.69 Å². The lowest BCUT2D eigenvalue weighted by Gasteiger charge is -2.26. The number of nitrogens with one attached hydrogen (secondary N) is 2. The zero-order chi connectivity index (χ0) is 21.8. The summed E-state index contributed by atoms with van der Waals surface area (Å²) >= 11 is 0.897. The maximum atomic E-state index is 11.3. The lowest BCUT2D eigenvalue weighted by Crippen LogP contribution is -2.29. The van der Waals surface area contributed by atoms with Crippen LogP contribution < -0.4 is 10.6 Å². The van der Waals surface area contributed by atoms with E-state index < -0.39 is 5.97 Å². The molecule has 1 fully saturated rings. The Bertz CT molecular complexity index is 1070. The summed E-state index contributed by atoms with van der Waals surface area (Å²) in [5, 5.41) is 25.9. The molecule has 174 valence electrons. The molecule has 0 unspecified atom stereocenters. The van der Waals surface area contributed by atoms with E-state index in [1.165, 1.54) is 0 Å². The normalized spacial score (nSPS) is 14.4. The third-order valence-electron chi connectivity index (χ3n) is 5.52. The highest BCUT2D eigenvalue weighted by molar-refractivity contribution is 7.07. The number of carboxylic acid groups (broad SMARTS) is 1. The third kappa shape index (κ3) is 5.01. The lowest BCUT2D eigenvalue weighted by atomic mass is 10.0. The van der Waals surface area contributed by atoms with Gasteiger partial charge in [0.05, 0.1) is 17.3 Å². The summed E-state index contributed by atoms with van der Waals surface area (Å²) in [4.78, 5) is 16.4. The van der Waals surface area contributed by atoms with E-state index in [2.05, 4.69) is 39.2 Å². The molecule has 0 atom stereocenters. The van der Waals surface area contributed by atoms with Crippen LogP contribution in [0.5, 0.6) is 0 Å². The summed E-state index contributed by atoms with van der Waals surface area (Å²) < 4.78 is 11.2. The van der Waals surface area contributed by atoms with E-state index in [1.54, 1.807) is 0 Å². The molecule has 0 radical (unpaired) electrons. The summed E-state index contributed by atoms with van der Waals surface area (Å²) in [6.45, 7) is 7.27. The summed E-state index contributed by atoms with van der Waals surface area (Å²) in [7, 11) is 0. The van der Waals surface area contributed by atoms with Crippen LogP contribution in [0.25, 0.3) is 11.0 Å². The van der Waals surface area contributed by atoms with Crippen molar-refractivity contribution in [3.8, 4) is 0 Å². The van der Waals surface area contributed by atoms with Gasteiger partial charge in [-0.05, 0) is 37.7 Å². The molecule has 1 saturated heterocycles. The quantitative estimate of drug-likeness (QED) is 0.422. The van der Waals surface area contributed by atoms with E-state index in [0.29, 0.717) is 24.8 Å². The molecule has 0 saturated carbocycles. The van der Waals surface area contributed by atoms with E-state index in [1.807, 2.05) is 10.9 Å². The number of carbonyl (C=O) groups is 1. The van der Waals surface area contributed by atoms with E-state index in [4.69, 9.17) is 9.72 Å². The summed E-state index contributed by atoms with van der Waals surface area (Å²) in [6.07, 6.45) is 4.56. The number of fused-ring (bicyclic) bond motifs is 1. The fraction of sp³-hybridized carbons (Fsp3) is 0.550. The van der Waals surface area contributed by atoms with Crippen LogP contribution in [0.1, 0.15) is 53.3 Å². The minimum Gasteiger partial charge on any atom is -0.477 e. The van der Waals surface area contributed by atoms with Gasteiger partial charge in [0, 0.05) is 50.1 Å². The van der Waals surface area contributed by atoms with Gasteiger partial charge in [0.15, 0.2) is 10.5 Å². The predicted octanol–water partition coefficient (Wildman–Crippen LogP) is 2.87. The number of ether oxygens (including phenoxy) is 1. The lowest BCUT2D eigenvalue weighted by molar-refractivity contribution is 0.0700. The van der Waals surface area contributed by atoms with Gasteiger partial charge in [0.25, 0.3) is 0 Å². The first-order valence-electron chi connectivity index (χ1n) is 10.6. The largest absolute Gasteiger partial charge is 0.477 e. The van der Waals surface area contributed by atoms with Gasteiger partial charge in [-0.1, -0.05) is 11.4 Å². The van der Waals surface area contributed by atoms with E-state index in [-0.39, 0.29) is 17.3 Å². The SMILES string of the molecule is CCc1nc2c(cnn2CC)c(NC2CCOCC2)c1CNCc1nnsc1C(=O)O.Cl. The van der Waals surface area contributed by atoms with Crippen molar-refractivity contribution in [3.05, 3.63) is 28.0 Å². The first-order valence-corrected chi connectivity index (χ1v) is 11.4. The highest BCUT2D eigenvalue weighted by Crippen LogP contribution is 2.31. The zero-order valence-electron chi connectivity index (χ0n) is 18.1. The topological polar surface area (TPSA) is 127 Å². The molecule has 0 spiro atoms. The molecule has 3 aromatic rings. The standard InChI is InChI=1S/C20H27N7O3S.ClH/c1-3-15-13(9-21-11-16-18(20(28)29)31-26-25-16)17(23-12-5-7-30-8-6-12)14-10-22-27(4-2)19(14)24-15;/h10,12,21H,3-9,11H2,1-2H3,(H,23,24)(H,28,29);1H.